The van der Waals surface area contributed by atoms with Crippen molar-refractivity contribution in [3.05, 3.63) is 57.5 Å². The Balaban J connectivity index is 1.73. The number of fused-ring (bicyclic) bond motifs is 1. The molecule has 4 heteroatoms. The highest BCUT2D eigenvalue weighted by Crippen LogP contribution is 2.25. The number of halogens is 1. The molecule has 3 nitrogen and oxygen atoms in total. The van der Waals surface area contributed by atoms with Crippen LogP contribution in [-0.4, -0.2) is 5.91 Å². The van der Waals surface area contributed by atoms with E-state index >= 15 is 0 Å². The summed E-state index contributed by atoms with van der Waals surface area (Å²) in [5.41, 5.74) is 4.04. The Bertz CT molecular complexity index is 663. The fourth-order valence-corrected chi connectivity index (χ4v) is 3.12. The Labute approximate surface area is 132 Å². The maximum atomic E-state index is 12.1. The number of furan rings is 1. The van der Waals surface area contributed by atoms with Crippen LogP contribution in [0.5, 0.6) is 0 Å². The Morgan fingerprint density at radius 1 is 1.19 bits per heavy atom. The molecule has 1 aromatic carbocycles. The maximum Gasteiger partial charge on any atom is 0.287 e. The van der Waals surface area contributed by atoms with Crippen molar-refractivity contribution in [2.24, 2.45) is 0 Å². The van der Waals surface area contributed by atoms with Crippen molar-refractivity contribution in [1.29, 1.82) is 0 Å². The fraction of sp³-hybridized carbons (Fsp3) is 0.353. The Kier molecular flexibility index (Phi) is 4.15. The van der Waals surface area contributed by atoms with Gasteiger partial charge in [0.2, 0.25) is 0 Å². The lowest BCUT2D eigenvalue weighted by molar-refractivity contribution is 0.0910. The lowest BCUT2D eigenvalue weighted by Gasteiger charge is -2.19. The molecule has 0 spiro atoms. The first-order valence-corrected chi connectivity index (χ1v) is 8.10. The number of aryl methyl sites for hydroxylation is 2. The average Bonchev–Trinajstić information content (AvgIpc) is 2.93. The summed E-state index contributed by atoms with van der Waals surface area (Å²) in [6.45, 7) is 2.00. The standard InChI is InChI=1S/C17H18BrNO2/c1-11(19-17(20)15-8-9-16(18)21-15)13-7-6-12-4-2-3-5-14(12)10-13/h6-11H,2-5H2,1H3,(H,19,20)/t11-/m0/s1. The van der Waals surface area contributed by atoms with Crippen LogP contribution in [-0.2, 0) is 12.8 Å². The van der Waals surface area contributed by atoms with Gasteiger partial charge in [0, 0.05) is 0 Å². The van der Waals surface area contributed by atoms with E-state index in [1.54, 1.807) is 12.1 Å². The molecular weight excluding hydrogens is 330 g/mol. The van der Waals surface area contributed by atoms with Crippen molar-refractivity contribution < 1.29 is 9.21 Å². The third-order valence-corrected chi connectivity index (χ3v) is 4.44. The van der Waals surface area contributed by atoms with Crippen LogP contribution in [0.3, 0.4) is 0 Å². The minimum absolute atomic E-state index is 0.0337. The van der Waals surface area contributed by atoms with E-state index in [9.17, 15) is 4.79 Å². The fourth-order valence-electron chi connectivity index (χ4n) is 2.81. The maximum absolute atomic E-state index is 12.1. The largest absolute Gasteiger partial charge is 0.444 e. The van der Waals surface area contributed by atoms with Gasteiger partial charge in [-0.25, -0.2) is 0 Å². The second kappa shape index (κ2) is 6.06. The molecule has 0 aliphatic heterocycles. The lowest BCUT2D eigenvalue weighted by Crippen LogP contribution is -2.26. The van der Waals surface area contributed by atoms with Gasteiger partial charge in [0.1, 0.15) is 0 Å². The normalized spacial score (nSPS) is 15.3. The van der Waals surface area contributed by atoms with E-state index in [0.29, 0.717) is 10.4 Å². The van der Waals surface area contributed by atoms with Gasteiger partial charge >= 0.3 is 0 Å². The van der Waals surface area contributed by atoms with Gasteiger partial charge in [-0.2, -0.15) is 0 Å². The quantitative estimate of drug-likeness (QED) is 0.893. The molecule has 3 rings (SSSR count). The zero-order chi connectivity index (χ0) is 14.8. The predicted molar refractivity (Wildman–Crippen MR) is 85.4 cm³/mol. The molecule has 110 valence electrons. The van der Waals surface area contributed by atoms with Gasteiger partial charge in [-0.3, -0.25) is 4.79 Å². The van der Waals surface area contributed by atoms with Crippen LogP contribution >= 0.6 is 15.9 Å². The molecule has 0 fully saturated rings. The molecule has 1 N–H and O–H groups in total. The molecule has 0 bridgehead atoms. The summed E-state index contributed by atoms with van der Waals surface area (Å²) < 4.78 is 5.84. The smallest absolute Gasteiger partial charge is 0.287 e. The van der Waals surface area contributed by atoms with Crippen LogP contribution in [0.15, 0.2) is 39.4 Å². The number of hydrogen-bond acceptors (Lipinski definition) is 2. The summed E-state index contributed by atoms with van der Waals surface area (Å²) in [5.74, 6) is 0.137. The zero-order valence-electron chi connectivity index (χ0n) is 12.0. The molecule has 1 aromatic heterocycles. The van der Waals surface area contributed by atoms with Crippen molar-refractivity contribution in [3.63, 3.8) is 0 Å². The first-order valence-electron chi connectivity index (χ1n) is 7.31. The monoisotopic (exact) mass is 347 g/mol. The summed E-state index contributed by atoms with van der Waals surface area (Å²) >= 11 is 3.21. The highest BCUT2D eigenvalue weighted by atomic mass is 79.9. The second-order valence-corrected chi connectivity index (χ2v) is 6.32. The zero-order valence-corrected chi connectivity index (χ0v) is 13.6. The molecule has 1 amide bonds. The van der Waals surface area contributed by atoms with E-state index < -0.39 is 0 Å². The summed E-state index contributed by atoms with van der Waals surface area (Å²) in [4.78, 5) is 12.1. The number of benzene rings is 1. The van der Waals surface area contributed by atoms with Crippen molar-refractivity contribution in [3.8, 4) is 0 Å². The van der Waals surface area contributed by atoms with E-state index in [1.807, 2.05) is 6.92 Å². The van der Waals surface area contributed by atoms with Gasteiger partial charge < -0.3 is 9.73 Å². The Morgan fingerprint density at radius 2 is 1.95 bits per heavy atom. The molecule has 0 radical (unpaired) electrons. The first-order chi connectivity index (χ1) is 10.1. The van der Waals surface area contributed by atoms with Gasteiger partial charge in [-0.1, -0.05) is 18.2 Å². The van der Waals surface area contributed by atoms with Crippen molar-refractivity contribution in [1.82, 2.24) is 5.32 Å². The number of hydrogen-bond donors (Lipinski definition) is 1. The summed E-state index contributed by atoms with van der Waals surface area (Å²) in [6.07, 6.45) is 4.87. The molecule has 0 unspecified atom stereocenters. The topological polar surface area (TPSA) is 42.2 Å². The van der Waals surface area contributed by atoms with E-state index in [0.717, 1.165) is 12.0 Å². The van der Waals surface area contributed by atoms with Gasteiger partial charge in [-0.15, -0.1) is 0 Å². The number of carbonyl (C=O) groups is 1. The number of amides is 1. The summed E-state index contributed by atoms with van der Waals surface area (Å²) in [7, 11) is 0. The average molecular weight is 348 g/mol. The van der Waals surface area contributed by atoms with E-state index in [2.05, 4.69) is 39.4 Å². The third kappa shape index (κ3) is 3.21. The van der Waals surface area contributed by atoms with Crippen LogP contribution in [0, 0.1) is 0 Å². The van der Waals surface area contributed by atoms with Gasteiger partial charge in [0.05, 0.1) is 6.04 Å². The SMILES string of the molecule is C[C@H](NC(=O)c1ccc(Br)o1)c1ccc2c(c1)CCCC2. The van der Waals surface area contributed by atoms with Crippen LogP contribution in [0.25, 0.3) is 0 Å². The lowest BCUT2D eigenvalue weighted by atomic mass is 9.89. The molecule has 1 atom stereocenters. The van der Waals surface area contributed by atoms with Gasteiger partial charge in [-0.05, 0) is 77.4 Å². The summed E-state index contributed by atoms with van der Waals surface area (Å²) in [5, 5.41) is 2.98. The minimum atomic E-state index is -0.189. The highest BCUT2D eigenvalue weighted by Gasteiger charge is 2.16. The van der Waals surface area contributed by atoms with Crippen LogP contribution < -0.4 is 5.32 Å². The molecule has 1 aliphatic rings. The number of nitrogens with one attached hydrogen (secondary N) is 1. The van der Waals surface area contributed by atoms with Crippen molar-refractivity contribution in [2.45, 2.75) is 38.6 Å². The molecule has 0 saturated carbocycles. The van der Waals surface area contributed by atoms with E-state index in [1.165, 1.54) is 30.4 Å². The van der Waals surface area contributed by atoms with Crippen LogP contribution in [0.1, 0.15) is 53.1 Å². The van der Waals surface area contributed by atoms with Gasteiger partial charge in [0.15, 0.2) is 10.4 Å². The minimum Gasteiger partial charge on any atom is -0.444 e. The molecule has 2 aromatic rings. The summed E-state index contributed by atoms with van der Waals surface area (Å²) in [6, 6.07) is 9.91. The highest BCUT2D eigenvalue weighted by molar-refractivity contribution is 9.10. The third-order valence-electron chi connectivity index (χ3n) is 4.02. The number of rotatable bonds is 3. The molecular formula is C17H18BrNO2. The molecule has 0 saturated heterocycles. The molecule has 1 aliphatic carbocycles. The van der Waals surface area contributed by atoms with Crippen molar-refractivity contribution >= 4 is 21.8 Å². The first kappa shape index (κ1) is 14.4. The number of carbonyl (C=O) groups excluding carboxylic acids is 1. The van der Waals surface area contributed by atoms with Gasteiger partial charge in [0.25, 0.3) is 5.91 Å². The predicted octanol–water partition coefficient (Wildman–Crippen LogP) is 4.41. The van der Waals surface area contributed by atoms with Crippen LogP contribution in [0.4, 0.5) is 0 Å². The van der Waals surface area contributed by atoms with E-state index in [4.69, 9.17) is 4.42 Å². The second-order valence-electron chi connectivity index (χ2n) is 5.53. The Morgan fingerprint density at radius 3 is 2.67 bits per heavy atom. The molecule has 21 heavy (non-hydrogen) atoms. The Hall–Kier alpha value is -1.55. The van der Waals surface area contributed by atoms with E-state index in [-0.39, 0.29) is 11.9 Å². The van der Waals surface area contributed by atoms with Crippen LogP contribution in [0.2, 0.25) is 0 Å². The van der Waals surface area contributed by atoms with Crippen molar-refractivity contribution in [2.75, 3.05) is 0 Å². The molecule has 1 heterocycles.